The average molecular weight is 366 g/mol. The van der Waals surface area contributed by atoms with E-state index in [1.165, 1.54) is 0 Å². The summed E-state index contributed by atoms with van der Waals surface area (Å²) >= 11 is 5.97. The Morgan fingerprint density at radius 3 is 2.54 bits per heavy atom. The fourth-order valence-electron chi connectivity index (χ4n) is 2.93. The van der Waals surface area contributed by atoms with Gasteiger partial charge in [-0.1, -0.05) is 18.5 Å². The normalized spacial score (nSPS) is 16.7. The topological polar surface area (TPSA) is 56.7 Å². The molecule has 0 radical (unpaired) electrons. The molecule has 0 aromatic carbocycles. The summed E-state index contributed by atoms with van der Waals surface area (Å²) in [6.45, 7) is 3.66. The van der Waals surface area contributed by atoms with Gasteiger partial charge in [-0.15, -0.1) is 0 Å². The molecule has 1 aromatic rings. The summed E-state index contributed by atoms with van der Waals surface area (Å²) < 4.78 is 38.0. The monoisotopic (exact) mass is 365 g/mol. The lowest BCUT2D eigenvalue weighted by Gasteiger charge is -2.38. The van der Waals surface area contributed by atoms with Crippen molar-refractivity contribution in [2.45, 2.75) is 32.0 Å². The quantitative estimate of drug-likeness (QED) is 0.868. The van der Waals surface area contributed by atoms with Gasteiger partial charge in [-0.05, 0) is 25.5 Å². The second kappa shape index (κ2) is 7.57. The predicted molar refractivity (Wildman–Crippen MR) is 84.4 cm³/mol. The average Bonchev–Trinajstić information content (AvgIpc) is 2.52. The van der Waals surface area contributed by atoms with E-state index in [0.717, 1.165) is 12.3 Å². The largest absolute Gasteiger partial charge is 0.480 e. The highest BCUT2D eigenvalue weighted by molar-refractivity contribution is 6.33. The third kappa shape index (κ3) is 4.51. The summed E-state index contributed by atoms with van der Waals surface area (Å²) in [6.07, 6.45) is -2.27. The number of halogens is 4. The molecule has 2 rings (SSSR count). The molecule has 1 aliphatic rings. The maximum absolute atomic E-state index is 12.7. The van der Waals surface area contributed by atoms with E-state index in [1.54, 1.807) is 0 Å². The highest BCUT2D eigenvalue weighted by atomic mass is 35.5. The summed E-state index contributed by atoms with van der Waals surface area (Å²) in [5, 5.41) is 8.91. The van der Waals surface area contributed by atoms with Crippen LogP contribution in [0.25, 0.3) is 0 Å². The summed E-state index contributed by atoms with van der Waals surface area (Å²) in [5.41, 5.74) is -0.871. The maximum Gasteiger partial charge on any atom is 0.417 e. The van der Waals surface area contributed by atoms with Gasteiger partial charge in [0.25, 0.3) is 0 Å². The second-order valence-electron chi connectivity index (χ2n) is 5.70. The van der Waals surface area contributed by atoms with Gasteiger partial charge in [0.1, 0.15) is 5.82 Å². The second-order valence-corrected chi connectivity index (χ2v) is 6.11. The van der Waals surface area contributed by atoms with E-state index < -0.39 is 17.7 Å². The van der Waals surface area contributed by atoms with E-state index in [0.29, 0.717) is 38.3 Å². The van der Waals surface area contributed by atoms with Crippen LogP contribution >= 0.6 is 11.6 Å². The maximum atomic E-state index is 12.7. The van der Waals surface area contributed by atoms with Gasteiger partial charge in [-0.2, -0.15) is 13.2 Å². The smallest absolute Gasteiger partial charge is 0.417 e. The van der Waals surface area contributed by atoms with Crippen molar-refractivity contribution in [2.75, 3.05) is 31.1 Å². The number of hydrogen-bond donors (Lipinski definition) is 1. The van der Waals surface area contributed by atoms with Gasteiger partial charge < -0.3 is 10.0 Å². The third-order valence-corrected chi connectivity index (χ3v) is 4.45. The van der Waals surface area contributed by atoms with Crippen LogP contribution in [0.5, 0.6) is 0 Å². The van der Waals surface area contributed by atoms with E-state index in [-0.39, 0.29) is 17.6 Å². The van der Waals surface area contributed by atoms with Crippen LogP contribution in [0.4, 0.5) is 19.0 Å². The van der Waals surface area contributed by atoms with Crippen LogP contribution in [0.2, 0.25) is 5.02 Å². The molecule has 2 heterocycles. The third-order valence-electron chi connectivity index (χ3n) is 4.17. The first-order chi connectivity index (χ1) is 11.2. The first-order valence-corrected chi connectivity index (χ1v) is 8.03. The Morgan fingerprint density at radius 2 is 2.08 bits per heavy atom. The number of anilines is 1. The molecule has 0 atom stereocenters. The molecule has 1 saturated heterocycles. The summed E-state index contributed by atoms with van der Waals surface area (Å²) in [4.78, 5) is 18.5. The van der Waals surface area contributed by atoms with Crippen LogP contribution in [0.3, 0.4) is 0 Å². The summed E-state index contributed by atoms with van der Waals surface area (Å²) in [7, 11) is 0. The summed E-state index contributed by atoms with van der Waals surface area (Å²) in [5.74, 6) is -0.531. The number of carboxylic acid groups (broad SMARTS) is 1. The first-order valence-electron chi connectivity index (χ1n) is 7.66. The van der Waals surface area contributed by atoms with Crippen molar-refractivity contribution in [2.24, 2.45) is 0 Å². The number of nitrogens with zero attached hydrogens (tertiary/aromatic N) is 3. The van der Waals surface area contributed by atoms with Crippen molar-refractivity contribution in [3.05, 3.63) is 22.8 Å². The van der Waals surface area contributed by atoms with Gasteiger partial charge in [0.15, 0.2) is 0 Å². The highest BCUT2D eigenvalue weighted by Crippen LogP contribution is 2.34. The zero-order valence-electron chi connectivity index (χ0n) is 13.2. The fraction of sp³-hybridized carbons (Fsp3) is 0.600. The summed E-state index contributed by atoms with van der Waals surface area (Å²) in [6, 6.07) is 1.02. The van der Waals surface area contributed by atoms with E-state index in [4.69, 9.17) is 16.7 Å². The molecule has 0 unspecified atom stereocenters. The molecule has 1 aliphatic heterocycles. The molecule has 0 aliphatic carbocycles. The van der Waals surface area contributed by atoms with Gasteiger partial charge >= 0.3 is 12.1 Å². The molecule has 134 valence electrons. The Balaban J connectivity index is 2.03. The fourth-order valence-corrected chi connectivity index (χ4v) is 3.22. The molecule has 9 heteroatoms. The predicted octanol–water partition coefficient (Wildman–Crippen LogP) is 3.13. The molecular weight excluding hydrogens is 347 g/mol. The van der Waals surface area contributed by atoms with Crippen LogP contribution in [0, 0.1) is 0 Å². The van der Waals surface area contributed by atoms with E-state index in [9.17, 15) is 18.0 Å². The van der Waals surface area contributed by atoms with Crippen molar-refractivity contribution in [1.82, 2.24) is 9.88 Å². The van der Waals surface area contributed by atoms with Crippen molar-refractivity contribution in [3.8, 4) is 0 Å². The Labute approximate surface area is 143 Å². The Hall–Kier alpha value is -1.54. The number of carboxylic acids is 1. The minimum Gasteiger partial charge on any atom is -0.480 e. The lowest BCUT2D eigenvalue weighted by molar-refractivity contribution is -0.139. The molecule has 1 aromatic heterocycles. The molecule has 5 nitrogen and oxygen atoms in total. The Bertz CT molecular complexity index is 590. The van der Waals surface area contributed by atoms with Crippen LogP contribution in [-0.4, -0.2) is 53.2 Å². The van der Waals surface area contributed by atoms with Crippen LogP contribution in [-0.2, 0) is 11.0 Å². The number of likely N-dealkylation sites (N-methyl/N-ethyl adjacent to an activating group) is 1. The zero-order valence-corrected chi connectivity index (χ0v) is 13.9. The van der Waals surface area contributed by atoms with Crippen LogP contribution in [0.15, 0.2) is 12.3 Å². The molecule has 0 bridgehead atoms. The van der Waals surface area contributed by atoms with Gasteiger partial charge in [0.2, 0.25) is 0 Å². The number of carbonyl (C=O) groups is 1. The Morgan fingerprint density at radius 1 is 1.46 bits per heavy atom. The number of alkyl halides is 3. The van der Waals surface area contributed by atoms with Crippen molar-refractivity contribution >= 4 is 23.4 Å². The molecule has 0 saturated carbocycles. The van der Waals surface area contributed by atoms with E-state index in [1.807, 2.05) is 16.7 Å². The SMILES string of the molecule is CCN(CC(=O)O)C1CCN(c2ncc(C(F)(F)F)cc2Cl)CC1. The lowest BCUT2D eigenvalue weighted by atomic mass is 10.0. The number of aromatic nitrogens is 1. The molecule has 0 amide bonds. The Kier molecular flexibility index (Phi) is 5.92. The standard InChI is InChI=1S/C15H19ClF3N3O2/c1-2-21(9-13(23)24)11-3-5-22(6-4-11)14-12(16)7-10(8-20-14)15(17,18)19/h7-8,11H,2-6,9H2,1H3,(H,23,24). The van der Waals surface area contributed by atoms with Gasteiger partial charge in [-0.3, -0.25) is 9.69 Å². The van der Waals surface area contributed by atoms with Gasteiger partial charge in [0, 0.05) is 25.3 Å². The molecule has 24 heavy (non-hydrogen) atoms. The number of aliphatic carboxylic acids is 1. The first kappa shape index (κ1) is 18.8. The van der Waals surface area contributed by atoms with Gasteiger partial charge in [-0.25, -0.2) is 4.98 Å². The van der Waals surface area contributed by atoms with Crippen molar-refractivity contribution < 1.29 is 23.1 Å². The van der Waals surface area contributed by atoms with E-state index >= 15 is 0 Å². The van der Waals surface area contributed by atoms with Gasteiger partial charge in [0.05, 0.1) is 17.1 Å². The van der Waals surface area contributed by atoms with Crippen LogP contribution in [0.1, 0.15) is 25.3 Å². The number of piperidine rings is 1. The minimum atomic E-state index is -4.47. The molecule has 1 N–H and O–H groups in total. The van der Waals surface area contributed by atoms with Crippen molar-refractivity contribution in [3.63, 3.8) is 0 Å². The molecular formula is C15H19ClF3N3O2. The number of rotatable bonds is 5. The minimum absolute atomic E-state index is 0.0134. The lowest BCUT2D eigenvalue weighted by Crippen LogP contribution is -2.46. The molecule has 1 fully saturated rings. The van der Waals surface area contributed by atoms with Crippen LogP contribution < -0.4 is 4.90 Å². The number of pyridine rings is 1. The zero-order chi connectivity index (χ0) is 17.9. The molecule has 0 spiro atoms. The number of hydrogen-bond acceptors (Lipinski definition) is 4. The van der Waals surface area contributed by atoms with Crippen molar-refractivity contribution in [1.29, 1.82) is 0 Å². The van der Waals surface area contributed by atoms with E-state index in [2.05, 4.69) is 4.98 Å². The highest BCUT2D eigenvalue weighted by Gasteiger charge is 2.32.